The molecule has 76 valence electrons. The minimum atomic E-state index is 0.862. The monoisotopic (exact) mass is 216 g/mol. The molecule has 0 atom stereocenters. The molecule has 3 heteroatoms. The van der Waals surface area contributed by atoms with Gasteiger partial charge in [0.2, 0.25) is 0 Å². The highest BCUT2D eigenvalue weighted by Gasteiger charge is 1.95. The molecule has 0 N–H and O–H groups in total. The maximum Gasteiger partial charge on any atom is 0.0444 e. The van der Waals surface area contributed by atoms with E-state index >= 15 is 0 Å². The molecule has 0 aliphatic carbocycles. The van der Waals surface area contributed by atoms with Crippen LogP contribution in [0, 0.1) is 0 Å². The zero-order valence-corrected chi connectivity index (χ0v) is 9.43. The van der Waals surface area contributed by atoms with Crippen molar-refractivity contribution in [2.75, 3.05) is 0 Å². The summed E-state index contributed by atoms with van der Waals surface area (Å²) >= 11 is 0. The lowest BCUT2D eigenvalue weighted by Crippen LogP contribution is -1.86. The molecule has 2 aromatic heterocycles. The van der Waals surface area contributed by atoms with Gasteiger partial charge in [-0.15, -0.1) is 8.58 Å². The minimum Gasteiger partial charge on any atom is -0.261 e. The van der Waals surface area contributed by atoms with Gasteiger partial charge in [-0.3, -0.25) is 9.97 Å². The number of hydrogen-bond acceptors (Lipinski definition) is 2. The van der Waals surface area contributed by atoms with Crippen LogP contribution in [0.25, 0.3) is 0 Å². The Balaban J connectivity index is 1.81. The van der Waals surface area contributed by atoms with Gasteiger partial charge in [0.25, 0.3) is 0 Å². The van der Waals surface area contributed by atoms with Gasteiger partial charge >= 0.3 is 0 Å². The van der Waals surface area contributed by atoms with Gasteiger partial charge in [-0.05, 0) is 24.3 Å². The highest BCUT2D eigenvalue weighted by Crippen LogP contribution is 2.21. The summed E-state index contributed by atoms with van der Waals surface area (Å²) in [5.41, 5.74) is 2.35. The normalized spacial score (nSPS) is 10.1. The zero-order valence-electron chi connectivity index (χ0n) is 8.43. The van der Waals surface area contributed by atoms with E-state index in [-0.39, 0.29) is 0 Å². The molecule has 2 rings (SSSR count). The Kier molecular flexibility index (Phi) is 3.81. The first-order valence-corrected chi connectivity index (χ1v) is 6.37. The van der Waals surface area contributed by atoms with Crippen molar-refractivity contribution in [2.45, 2.75) is 12.3 Å². The van der Waals surface area contributed by atoms with E-state index in [1.54, 1.807) is 0 Å². The molecule has 2 heterocycles. The van der Waals surface area contributed by atoms with Gasteiger partial charge in [0.05, 0.1) is 0 Å². The fourth-order valence-electron chi connectivity index (χ4n) is 1.32. The van der Waals surface area contributed by atoms with Crippen LogP contribution in [0.1, 0.15) is 11.4 Å². The van der Waals surface area contributed by atoms with Crippen LogP contribution >= 0.6 is 8.58 Å². The molecular weight excluding hydrogens is 203 g/mol. The number of pyridine rings is 2. The molecule has 0 amide bonds. The highest BCUT2D eigenvalue weighted by molar-refractivity contribution is 7.36. The fourth-order valence-corrected chi connectivity index (χ4v) is 2.38. The van der Waals surface area contributed by atoms with Gasteiger partial charge < -0.3 is 0 Å². The van der Waals surface area contributed by atoms with Crippen LogP contribution in [-0.2, 0) is 12.3 Å². The Hall–Kier alpha value is -1.27. The Labute approximate surface area is 91.6 Å². The Bertz CT molecular complexity index is 349. The van der Waals surface area contributed by atoms with Gasteiger partial charge in [-0.2, -0.15) is 0 Å². The van der Waals surface area contributed by atoms with Gasteiger partial charge in [0, 0.05) is 36.1 Å². The van der Waals surface area contributed by atoms with Crippen LogP contribution in [-0.4, -0.2) is 9.97 Å². The molecule has 0 saturated heterocycles. The average Bonchev–Trinajstić information content (AvgIpc) is 2.32. The molecule has 0 unspecified atom stereocenters. The lowest BCUT2D eigenvalue weighted by Gasteiger charge is -2.00. The third-order valence-corrected chi connectivity index (χ3v) is 3.29. The molecule has 0 saturated carbocycles. The van der Waals surface area contributed by atoms with Gasteiger partial charge in [-0.1, -0.05) is 12.1 Å². The van der Waals surface area contributed by atoms with Crippen LogP contribution in [0.5, 0.6) is 0 Å². The Morgan fingerprint density at radius 1 is 0.800 bits per heavy atom. The summed E-state index contributed by atoms with van der Waals surface area (Å²) in [5, 5.41) is 0. The number of nitrogens with zero attached hydrogens (tertiary/aromatic N) is 2. The first-order valence-electron chi connectivity index (χ1n) is 4.96. The summed E-state index contributed by atoms with van der Waals surface area (Å²) in [4.78, 5) is 8.59. The quantitative estimate of drug-likeness (QED) is 0.734. The summed E-state index contributed by atoms with van der Waals surface area (Å²) in [7, 11) is 0.862. The van der Waals surface area contributed by atoms with E-state index in [2.05, 4.69) is 22.1 Å². The fraction of sp³-hybridized carbons (Fsp3) is 0.167. The maximum absolute atomic E-state index is 4.30. The average molecular weight is 216 g/mol. The lowest BCUT2D eigenvalue weighted by molar-refractivity contribution is 1.14. The van der Waals surface area contributed by atoms with E-state index < -0.39 is 0 Å². The predicted molar refractivity (Wildman–Crippen MR) is 64.2 cm³/mol. The van der Waals surface area contributed by atoms with Crippen molar-refractivity contribution in [3.05, 3.63) is 60.2 Å². The molecule has 2 nitrogen and oxygen atoms in total. The molecule has 15 heavy (non-hydrogen) atoms. The van der Waals surface area contributed by atoms with E-state index in [4.69, 9.17) is 0 Å². The zero-order chi connectivity index (χ0) is 10.3. The second-order valence-corrected chi connectivity index (χ2v) is 4.45. The van der Waals surface area contributed by atoms with Crippen molar-refractivity contribution in [2.24, 2.45) is 0 Å². The smallest absolute Gasteiger partial charge is 0.0444 e. The molecule has 0 aliphatic heterocycles. The van der Waals surface area contributed by atoms with Gasteiger partial charge in [-0.25, -0.2) is 0 Å². The van der Waals surface area contributed by atoms with Gasteiger partial charge in [0.1, 0.15) is 0 Å². The number of rotatable bonds is 4. The van der Waals surface area contributed by atoms with Crippen molar-refractivity contribution in [1.82, 2.24) is 9.97 Å². The van der Waals surface area contributed by atoms with Crippen LogP contribution < -0.4 is 0 Å². The number of hydrogen-bond donors (Lipinski definition) is 0. The topological polar surface area (TPSA) is 25.8 Å². The molecule has 0 bridgehead atoms. The summed E-state index contributed by atoms with van der Waals surface area (Å²) < 4.78 is 0. The standard InChI is InChI=1S/C12H13N2P/c1-3-7-13-11(5-1)9-15-10-12-6-2-4-8-14-12/h1-8,15H,9-10H2. The second-order valence-electron chi connectivity index (χ2n) is 3.25. The summed E-state index contributed by atoms with van der Waals surface area (Å²) in [6.45, 7) is 0. The maximum atomic E-state index is 4.30. The molecular formula is C12H13N2P. The van der Waals surface area contributed by atoms with Crippen LogP contribution in [0.3, 0.4) is 0 Å². The van der Waals surface area contributed by atoms with Crippen LogP contribution in [0.2, 0.25) is 0 Å². The molecule has 0 aliphatic rings. The van der Waals surface area contributed by atoms with E-state index in [1.165, 1.54) is 11.4 Å². The van der Waals surface area contributed by atoms with Crippen molar-refractivity contribution in [3.63, 3.8) is 0 Å². The van der Waals surface area contributed by atoms with E-state index in [9.17, 15) is 0 Å². The predicted octanol–water partition coefficient (Wildman–Crippen LogP) is 2.86. The Morgan fingerprint density at radius 2 is 1.33 bits per heavy atom. The SMILES string of the molecule is c1ccc(CPCc2ccccn2)nc1. The van der Waals surface area contributed by atoms with Crippen LogP contribution in [0.15, 0.2) is 48.8 Å². The largest absolute Gasteiger partial charge is 0.261 e. The first kappa shape index (κ1) is 10.3. The molecule has 0 radical (unpaired) electrons. The van der Waals surface area contributed by atoms with E-state index in [0.717, 1.165) is 20.9 Å². The third-order valence-electron chi connectivity index (χ3n) is 2.06. The summed E-state index contributed by atoms with van der Waals surface area (Å²) in [6.07, 6.45) is 5.80. The number of aromatic nitrogens is 2. The van der Waals surface area contributed by atoms with Crippen molar-refractivity contribution >= 4 is 8.58 Å². The second kappa shape index (κ2) is 5.57. The van der Waals surface area contributed by atoms with Crippen molar-refractivity contribution in [3.8, 4) is 0 Å². The first-order chi connectivity index (χ1) is 7.45. The Morgan fingerprint density at radius 3 is 1.73 bits per heavy atom. The van der Waals surface area contributed by atoms with E-state index in [0.29, 0.717) is 0 Å². The third kappa shape index (κ3) is 3.41. The van der Waals surface area contributed by atoms with Crippen molar-refractivity contribution in [1.29, 1.82) is 0 Å². The van der Waals surface area contributed by atoms with Crippen molar-refractivity contribution < 1.29 is 0 Å². The molecule has 2 aromatic rings. The van der Waals surface area contributed by atoms with Crippen LogP contribution in [0.4, 0.5) is 0 Å². The molecule has 0 aromatic carbocycles. The highest BCUT2D eigenvalue weighted by atomic mass is 31.1. The lowest BCUT2D eigenvalue weighted by atomic mass is 10.4. The summed E-state index contributed by atoms with van der Waals surface area (Å²) in [6, 6.07) is 12.1. The van der Waals surface area contributed by atoms with E-state index in [1.807, 2.05) is 36.7 Å². The van der Waals surface area contributed by atoms with Gasteiger partial charge in [0.15, 0.2) is 0 Å². The molecule has 0 spiro atoms. The summed E-state index contributed by atoms with van der Waals surface area (Å²) in [5.74, 6) is 0. The molecule has 0 fully saturated rings. The minimum absolute atomic E-state index is 0.862.